The Labute approximate surface area is 170 Å². The summed E-state index contributed by atoms with van der Waals surface area (Å²) in [5.41, 5.74) is 2.72. The summed E-state index contributed by atoms with van der Waals surface area (Å²) in [5.74, 6) is -1.42. The molecule has 0 spiro atoms. The van der Waals surface area contributed by atoms with E-state index < -0.39 is 11.8 Å². The van der Waals surface area contributed by atoms with E-state index in [0.717, 1.165) is 12.2 Å². The topological polar surface area (TPSA) is 67.9 Å². The smallest absolute Gasteiger partial charge is 0.310 e. The number of hydrogen-bond donors (Lipinski definition) is 1. The number of likely N-dealkylation sites (N-methyl/N-ethyl adjacent to an activating group) is 1. The highest BCUT2D eigenvalue weighted by Gasteiger charge is 2.11. The summed E-state index contributed by atoms with van der Waals surface area (Å²) in [5, 5.41) is 2.74. The van der Waals surface area contributed by atoms with Gasteiger partial charge in [0.15, 0.2) is 18.2 Å². The summed E-state index contributed by atoms with van der Waals surface area (Å²) in [7, 11) is 1.37. The number of halogens is 1. The first-order valence-electron chi connectivity index (χ1n) is 9.49. The second kappa shape index (κ2) is 11.0. The monoisotopic (exact) mass is 402 g/mol. The van der Waals surface area contributed by atoms with Gasteiger partial charge in [0.25, 0.3) is 5.91 Å². The number of nitrogens with zero attached hydrogens (tertiary/aromatic N) is 1. The van der Waals surface area contributed by atoms with Crippen LogP contribution >= 0.6 is 0 Å². The van der Waals surface area contributed by atoms with E-state index in [1.165, 1.54) is 24.8 Å². The Morgan fingerprint density at radius 3 is 2.62 bits per heavy atom. The molecule has 156 valence electrons. The van der Waals surface area contributed by atoms with E-state index in [2.05, 4.69) is 16.3 Å². The van der Waals surface area contributed by atoms with Crippen molar-refractivity contribution in [3.63, 3.8) is 0 Å². The Morgan fingerprint density at radius 2 is 1.97 bits per heavy atom. The Balaban J connectivity index is 1.72. The van der Waals surface area contributed by atoms with Crippen LogP contribution < -0.4 is 15.0 Å². The molecule has 0 aliphatic carbocycles. The van der Waals surface area contributed by atoms with E-state index in [9.17, 15) is 14.0 Å². The molecule has 2 aromatic rings. The Morgan fingerprint density at radius 1 is 1.17 bits per heavy atom. The predicted octanol–water partition coefficient (Wildman–Crippen LogP) is 2.87. The number of ether oxygens (including phenoxy) is 2. The van der Waals surface area contributed by atoms with Crippen LogP contribution in [0.5, 0.6) is 5.75 Å². The average molecular weight is 402 g/mol. The number of aryl methyl sites for hydroxylation is 1. The molecule has 0 bridgehead atoms. The summed E-state index contributed by atoms with van der Waals surface area (Å²) in [6, 6.07) is 12.4. The van der Waals surface area contributed by atoms with Crippen LogP contribution in [0.3, 0.4) is 0 Å². The number of amides is 1. The third kappa shape index (κ3) is 7.10. The molecule has 1 N–H and O–H groups in total. The van der Waals surface area contributed by atoms with Gasteiger partial charge in [-0.3, -0.25) is 9.59 Å². The Bertz CT molecular complexity index is 841. The van der Waals surface area contributed by atoms with Gasteiger partial charge in [0.2, 0.25) is 0 Å². The zero-order chi connectivity index (χ0) is 21.2. The molecule has 0 saturated carbocycles. The van der Waals surface area contributed by atoms with Crippen molar-refractivity contribution < 1.29 is 23.5 Å². The third-order valence-electron chi connectivity index (χ3n) is 4.38. The van der Waals surface area contributed by atoms with Crippen molar-refractivity contribution in [2.75, 3.05) is 38.3 Å². The molecular formula is C22H27FN2O4. The van der Waals surface area contributed by atoms with Gasteiger partial charge < -0.3 is 19.7 Å². The molecule has 0 aliphatic heterocycles. The SMILES string of the molecule is CCN(CCNC(=O)COC(=O)Cc1ccc(OC)c(F)c1)c1cccc(C)c1. The number of benzene rings is 2. The van der Waals surface area contributed by atoms with Gasteiger partial charge in [0.05, 0.1) is 13.5 Å². The number of hydrogen-bond acceptors (Lipinski definition) is 5. The number of carbonyl (C=O) groups is 2. The Hall–Kier alpha value is -3.09. The van der Waals surface area contributed by atoms with Crippen molar-refractivity contribution in [2.45, 2.75) is 20.3 Å². The fraction of sp³-hybridized carbons (Fsp3) is 0.364. The first-order valence-corrected chi connectivity index (χ1v) is 9.49. The maximum Gasteiger partial charge on any atom is 0.310 e. The molecule has 7 heteroatoms. The van der Waals surface area contributed by atoms with E-state index in [4.69, 9.17) is 9.47 Å². The summed E-state index contributed by atoms with van der Waals surface area (Å²) < 4.78 is 23.5. The standard InChI is InChI=1S/C22H27FN2O4/c1-4-25(18-7-5-6-16(2)12-18)11-10-24-21(26)15-29-22(27)14-17-8-9-20(28-3)19(23)13-17/h5-9,12-13H,4,10-11,14-15H2,1-3H3,(H,24,26). The molecule has 2 rings (SSSR count). The molecule has 0 atom stereocenters. The van der Waals surface area contributed by atoms with E-state index >= 15 is 0 Å². The zero-order valence-electron chi connectivity index (χ0n) is 17.0. The number of methoxy groups -OCH3 is 1. The maximum atomic E-state index is 13.6. The maximum absolute atomic E-state index is 13.6. The molecule has 0 aromatic heterocycles. The van der Waals surface area contributed by atoms with Gasteiger partial charge in [0.1, 0.15) is 0 Å². The first kappa shape index (κ1) is 22.2. The molecule has 0 aliphatic rings. The highest BCUT2D eigenvalue weighted by Crippen LogP contribution is 2.18. The molecule has 6 nitrogen and oxygen atoms in total. The fourth-order valence-electron chi connectivity index (χ4n) is 2.86. The van der Waals surface area contributed by atoms with Gasteiger partial charge >= 0.3 is 5.97 Å². The highest BCUT2D eigenvalue weighted by atomic mass is 19.1. The number of nitrogens with one attached hydrogen (secondary N) is 1. The van der Waals surface area contributed by atoms with Crippen LogP contribution in [0.1, 0.15) is 18.1 Å². The van der Waals surface area contributed by atoms with Gasteiger partial charge in [-0.2, -0.15) is 0 Å². The van der Waals surface area contributed by atoms with Gasteiger partial charge in [-0.15, -0.1) is 0 Å². The minimum atomic E-state index is -0.598. The molecule has 1 amide bonds. The first-order chi connectivity index (χ1) is 13.9. The molecule has 0 unspecified atom stereocenters. The van der Waals surface area contributed by atoms with Gasteiger partial charge in [-0.1, -0.05) is 18.2 Å². The lowest BCUT2D eigenvalue weighted by Crippen LogP contribution is -2.37. The highest BCUT2D eigenvalue weighted by molar-refractivity contribution is 5.81. The van der Waals surface area contributed by atoms with Crippen molar-refractivity contribution in [2.24, 2.45) is 0 Å². The van der Waals surface area contributed by atoms with Crippen molar-refractivity contribution in [1.29, 1.82) is 0 Å². The minimum absolute atomic E-state index is 0.105. The molecule has 0 radical (unpaired) electrons. The van der Waals surface area contributed by atoms with Gasteiger partial charge in [-0.05, 0) is 49.2 Å². The molecule has 0 fully saturated rings. The zero-order valence-corrected chi connectivity index (χ0v) is 17.0. The van der Waals surface area contributed by atoms with E-state index in [1.807, 2.05) is 32.0 Å². The summed E-state index contributed by atoms with van der Waals surface area (Å²) >= 11 is 0. The van der Waals surface area contributed by atoms with Crippen LogP contribution in [-0.2, 0) is 20.7 Å². The van der Waals surface area contributed by atoms with Crippen molar-refractivity contribution in [3.05, 3.63) is 59.4 Å². The Kier molecular flexibility index (Phi) is 8.45. The van der Waals surface area contributed by atoms with Crippen LogP contribution in [0.4, 0.5) is 10.1 Å². The fourth-order valence-corrected chi connectivity index (χ4v) is 2.86. The van der Waals surface area contributed by atoms with Crippen molar-refractivity contribution in [1.82, 2.24) is 5.32 Å². The third-order valence-corrected chi connectivity index (χ3v) is 4.38. The number of carbonyl (C=O) groups excluding carboxylic acids is 2. The normalized spacial score (nSPS) is 10.3. The van der Waals surface area contributed by atoms with E-state index in [-0.39, 0.29) is 24.7 Å². The van der Waals surface area contributed by atoms with Crippen molar-refractivity contribution in [3.8, 4) is 5.75 Å². The van der Waals surface area contributed by atoms with E-state index in [1.54, 1.807) is 6.07 Å². The summed E-state index contributed by atoms with van der Waals surface area (Å²) in [6.45, 7) is 5.61. The molecule has 2 aromatic carbocycles. The lowest BCUT2D eigenvalue weighted by molar-refractivity contribution is -0.147. The largest absolute Gasteiger partial charge is 0.494 e. The lowest BCUT2D eigenvalue weighted by atomic mass is 10.1. The van der Waals surface area contributed by atoms with Crippen LogP contribution in [0, 0.1) is 12.7 Å². The molecule has 29 heavy (non-hydrogen) atoms. The van der Waals surface area contributed by atoms with Gasteiger partial charge in [0, 0.05) is 25.3 Å². The van der Waals surface area contributed by atoms with Crippen LogP contribution in [0.15, 0.2) is 42.5 Å². The van der Waals surface area contributed by atoms with Gasteiger partial charge in [-0.25, -0.2) is 4.39 Å². The summed E-state index contributed by atoms with van der Waals surface area (Å²) in [4.78, 5) is 25.9. The van der Waals surface area contributed by atoms with Crippen molar-refractivity contribution >= 4 is 17.6 Å². The second-order valence-corrected chi connectivity index (χ2v) is 6.57. The minimum Gasteiger partial charge on any atom is -0.494 e. The lowest BCUT2D eigenvalue weighted by Gasteiger charge is -2.23. The number of anilines is 1. The second-order valence-electron chi connectivity index (χ2n) is 6.57. The average Bonchev–Trinajstić information content (AvgIpc) is 2.70. The molecule has 0 saturated heterocycles. The van der Waals surface area contributed by atoms with E-state index in [0.29, 0.717) is 18.7 Å². The summed E-state index contributed by atoms with van der Waals surface area (Å²) in [6.07, 6.45) is -0.120. The predicted molar refractivity (Wildman–Crippen MR) is 110 cm³/mol. The molecular weight excluding hydrogens is 375 g/mol. The van der Waals surface area contributed by atoms with Crippen LogP contribution in [0.25, 0.3) is 0 Å². The number of esters is 1. The van der Waals surface area contributed by atoms with Crippen LogP contribution in [0.2, 0.25) is 0 Å². The molecule has 0 heterocycles. The number of rotatable bonds is 10. The quantitative estimate of drug-likeness (QED) is 0.619. The van der Waals surface area contributed by atoms with Crippen LogP contribution in [-0.4, -0.2) is 45.2 Å².